The quantitative estimate of drug-likeness (QED) is 0.592. The number of hydrogen-bond donors (Lipinski definition) is 2. The van der Waals surface area contributed by atoms with Crippen molar-refractivity contribution in [1.29, 1.82) is 0 Å². The van der Waals surface area contributed by atoms with E-state index in [1.807, 2.05) is 18.2 Å². The molecule has 1 aromatic rings. The average molecular weight is 241 g/mol. The number of benzene rings is 1. The maximum atomic E-state index is 5.95. The number of rotatable bonds is 6. The van der Waals surface area contributed by atoms with E-state index < -0.39 is 0 Å². The van der Waals surface area contributed by atoms with Gasteiger partial charge in [-0.15, -0.1) is 0 Å². The van der Waals surface area contributed by atoms with E-state index in [4.69, 9.17) is 17.4 Å². The molecule has 1 rings (SSSR count). The van der Waals surface area contributed by atoms with E-state index in [0.29, 0.717) is 6.04 Å². The largest absolute Gasteiger partial charge is 0.271 e. The van der Waals surface area contributed by atoms with Crippen LogP contribution in [0.3, 0.4) is 0 Å². The highest BCUT2D eigenvalue weighted by atomic mass is 35.5. The molecule has 3 heteroatoms. The molecule has 0 aliphatic heterocycles. The van der Waals surface area contributed by atoms with Gasteiger partial charge in [-0.2, -0.15) is 0 Å². The second-order valence-electron chi connectivity index (χ2n) is 4.67. The van der Waals surface area contributed by atoms with Crippen LogP contribution < -0.4 is 11.3 Å². The van der Waals surface area contributed by atoms with Crippen LogP contribution in [0.5, 0.6) is 0 Å². The highest BCUT2D eigenvalue weighted by Gasteiger charge is 2.08. The molecule has 1 unspecified atom stereocenters. The van der Waals surface area contributed by atoms with Crippen molar-refractivity contribution in [3.63, 3.8) is 0 Å². The minimum atomic E-state index is 0.334. The summed E-state index contributed by atoms with van der Waals surface area (Å²) in [6.45, 7) is 4.46. The van der Waals surface area contributed by atoms with Crippen LogP contribution in [0.15, 0.2) is 24.3 Å². The van der Waals surface area contributed by atoms with Crippen molar-refractivity contribution in [3.8, 4) is 0 Å². The normalized spacial score (nSPS) is 13.1. The van der Waals surface area contributed by atoms with Crippen molar-refractivity contribution in [3.05, 3.63) is 34.9 Å². The fourth-order valence-corrected chi connectivity index (χ4v) is 1.94. The molecule has 1 aromatic carbocycles. The Morgan fingerprint density at radius 1 is 1.31 bits per heavy atom. The number of hydrogen-bond acceptors (Lipinski definition) is 2. The Bertz CT molecular complexity index is 313. The smallest absolute Gasteiger partial charge is 0.0408 e. The fraction of sp³-hybridized carbons (Fsp3) is 0.538. The molecule has 0 saturated heterocycles. The first-order chi connectivity index (χ1) is 7.61. The molecule has 2 nitrogen and oxygen atoms in total. The van der Waals surface area contributed by atoms with Gasteiger partial charge < -0.3 is 0 Å². The van der Waals surface area contributed by atoms with Gasteiger partial charge in [-0.25, -0.2) is 0 Å². The molecule has 90 valence electrons. The highest BCUT2D eigenvalue weighted by Crippen LogP contribution is 2.15. The standard InChI is InChI=1S/C13H21ClN2/c1-10(2)6-7-13(16-15)9-11-4-3-5-12(14)8-11/h3-5,8,10,13,16H,6-7,9,15H2,1-2H3. The van der Waals surface area contributed by atoms with E-state index in [1.54, 1.807) is 0 Å². The SMILES string of the molecule is CC(C)CCC(Cc1cccc(Cl)c1)NN. The zero-order valence-electron chi connectivity index (χ0n) is 10.0. The monoisotopic (exact) mass is 240 g/mol. The third-order valence-corrected chi connectivity index (χ3v) is 2.93. The molecule has 0 spiro atoms. The molecule has 3 N–H and O–H groups in total. The van der Waals surface area contributed by atoms with Crippen molar-refractivity contribution >= 4 is 11.6 Å². The van der Waals surface area contributed by atoms with E-state index in [2.05, 4.69) is 25.3 Å². The van der Waals surface area contributed by atoms with E-state index in [0.717, 1.165) is 23.8 Å². The van der Waals surface area contributed by atoms with Gasteiger partial charge in [-0.05, 0) is 42.9 Å². The summed E-state index contributed by atoms with van der Waals surface area (Å²) in [5.74, 6) is 6.28. The minimum absolute atomic E-state index is 0.334. The second kappa shape index (κ2) is 6.89. The zero-order chi connectivity index (χ0) is 12.0. The van der Waals surface area contributed by atoms with Crippen LogP contribution in [0, 0.1) is 5.92 Å². The summed E-state index contributed by atoms with van der Waals surface area (Å²) in [5.41, 5.74) is 4.12. The molecule has 16 heavy (non-hydrogen) atoms. The predicted octanol–water partition coefficient (Wildman–Crippen LogP) is 3.15. The number of nitrogens with one attached hydrogen (secondary N) is 1. The second-order valence-corrected chi connectivity index (χ2v) is 5.11. The Morgan fingerprint density at radius 2 is 2.06 bits per heavy atom. The van der Waals surface area contributed by atoms with Crippen molar-refractivity contribution < 1.29 is 0 Å². The number of hydrazine groups is 1. The molecule has 0 bridgehead atoms. The lowest BCUT2D eigenvalue weighted by Crippen LogP contribution is -2.36. The first-order valence-electron chi connectivity index (χ1n) is 5.82. The van der Waals surface area contributed by atoms with E-state index >= 15 is 0 Å². The van der Waals surface area contributed by atoms with Crippen LogP contribution in [0.1, 0.15) is 32.3 Å². The van der Waals surface area contributed by atoms with Crippen LogP contribution >= 0.6 is 11.6 Å². The van der Waals surface area contributed by atoms with Crippen LogP contribution in [-0.4, -0.2) is 6.04 Å². The topological polar surface area (TPSA) is 38.0 Å². The summed E-state index contributed by atoms with van der Waals surface area (Å²) in [5, 5.41) is 0.789. The molecule has 0 aliphatic rings. The maximum Gasteiger partial charge on any atom is 0.0408 e. The van der Waals surface area contributed by atoms with Crippen molar-refractivity contribution in [2.75, 3.05) is 0 Å². The van der Waals surface area contributed by atoms with Gasteiger partial charge in [-0.1, -0.05) is 37.6 Å². The van der Waals surface area contributed by atoms with Crippen molar-refractivity contribution in [1.82, 2.24) is 5.43 Å². The third-order valence-electron chi connectivity index (χ3n) is 2.70. The van der Waals surface area contributed by atoms with Gasteiger partial charge in [0.2, 0.25) is 0 Å². The molecular formula is C13H21ClN2. The predicted molar refractivity (Wildman–Crippen MR) is 70.3 cm³/mol. The molecule has 0 aliphatic carbocycles. The van der Waals surface area contributed by atoms with Gasteiger partial charge in [0.25, 0.3) is 0 Å². The highest BCUT2D eigenvalue weighted by molar-refractivity contribution is 6.30. The van der Waals surface area contributed by atoms with Gasteiger partial charge in [-0.3, -0.25) is 11.3 Å². The Labute approximate surface area is 103 Å². The van der Waals surface area contributed by atoms with Crippen LogP contribution in [0.4, 0.5) is 0 Å². The summed E-state index contributed by atoms with van der Waals surface area (Å²) < 4.78 is 0. The average Bonchev–Trinajstić information content (AvgIpc) is 2.24. The van der Waals surface area contributed by atoms with E-state index in [-0.39, 0.29) is 0 Å². The van der Waals surface area contributed by atoms with Crippen LogP contribution in [0.2, 0.25) is 5.02 Å². The van der Waals surface area contributed by atoms with Gasteiger partial charge in [0.15, 0.2) is 0 Å². The molecule has 0 aromatic heterocycles. The van der Waals surface area contributed by atoms with Gasteiger partial charge in [0, 0.05) is 11.1 Å². The number of halogens is 1. The summed E-state index contributed by atoms with van der Waals surface area (Å²) in [6.07, 6.45) is 3.22. The number of nitrogens with two attached hydrogens (primary N) is 1. The fourth-order valence-electron chi connectivity index (χ4n) is 1.73. The van der Waals surface area contributed by atoms with Gasteiger partial charge in [0.1, 0.15) is 0 Å². The summed E-state index contributed by atoms with van der Waals surface area (Å²) in [7, 11) is 0. The third kappa shape index (κ3) is 4.97. The Hall–Kier alpha value is -0.570. The minimum Gasteiger partial charge on any atom is -0.271 e. The lowest BCUT2D eigenvalue weighted by Gasteiger charge is -2.17. The summed E-state index contributed by atoms with van der Waals surface area (Å²) >= 11 is 5.95. The molecular weight excluding hydrogens is 220 g/mol. The molecule has 0 saturated carbocycles. The Kier molecular flexibility index (Phi) is 5.81. The molecule has 0 radical (unpaired) electrons. The van der Waals surface area contributed by atoms with Crippen LogP contribution in [-0.2, 0) is 6.42 Å². The maximum absolute atomic E-state index is 5.95. The summed E-state index contributed by atoms with van der Waals surface area (Å²) in [4.78, 5) is 0. The van der Waals surface area contributed by atoms with Crippen molar-refractivity contribution in [2.24, 2.45) is 11.8 Å². The molecule has 0 fully saturated rings. The first-order valence-corrected chi connectivity index (χ1v) is 6.20. The Balaban J connectivity index is 2.49. The van der Waals surface area contributed by atoms with E-state index in [1.165, 1.54) is 12.0 Å². The van der Waals surface area contributed by atoms with Gasteiger partial charge in [0.05, 0.1) is 0 Å². The lowest BCUT2D eigenvalue weighted by molar-refractivity contribution is 0.434. The zero-order valence-corrected chi connectivity index (χ0v) is 10.8. The Morgan fingerprint density at radius 3 is 2.62 bits per heavy atom. The molecule has 0 heterocycles. The molecule has 1 atom stereocenters. The first kappa shape index (κ1) is 13.5. The summed E-state index contributed by atoms with van der Waals surface area (Å²) in [6, 6.07) is 8.30. The van der Waals surface area contributed by atoms with Gasteiger partial charge >= 0.3 is 0 Å². The van der Waals surface area contributed by atoms with E-state index in [9.17, 15) is 0 Å². The molecule has 0 amide bonds. The van der Waals surface area contributed by atoms with Crippen molar-refractivity contribution in [2.45, 2.75) is 39.2 Å². The van der Waals surface area contributed by atoms with Crippen LogP contribution in [0.25, 0.3) is 0 Å². The lowest BCUT2D eigenvalue weighted by atomic mass is 9.98.